The molecule has 0 unspecified atom stereocenters. The Kier molecular flexibility index (Phi) is 3.15. The van der Waals surface area contributed by atoms with Gasteiger partial charge in [0.2, 0.25) is 5.91 Å². The van der Waals surface area contributed by atoms with E-state index in [4.69, 9.17) is 4.98 Å². The van der Waals surface area contributed by atoms with Crippen molar-refractivity contribution in [2.24, 2.45) is 0 Å². The molecule has 1 amide bonds. The second-order valence-corrected chi connectivity index (χ2v) is 6.47. The highest BCUT2D eigenvalue weighted by atomic mass is 32.1. The molecule has 2 aliphatic heterocycles. The van der Waals surface area contributed by atoms with Gasteiger partial charge >= 0.3 is 0 Å². The van der Waals surface area contributed by atoms with Crippen LogP contribution >= 0.6 is 11.3 Å². The van der Waals surface area contributed by atoms with Crippen LogP contribution in [0.2, 0.25) is 0 Å². The summed E-state index contributed by atoms with van der Waals surface area (Å²) in [5.41, 5.74) is 4.35. The largest absolute Gasteiger partial charge is 0.348 e. The maximum atomic E-state index is 11.4. The van der Waals surface area contributed by atoms with Gasteiger partial charge in [0.1, 0.15) is 0 Å². The monoisotopic (exact) mass is 299 g/mol. The molecule has 3 heterocycles. The number of aryl methyl sites for hydroxylation is 1. The highest BCUT2D eigenvalue weighted by molar-refractivity contribution is 7.14. The van der Waals surface area contributed by atoms with Crippen LogP contribution in [0.15, 0.2) is 23.6 Å². The van der Waals surface area contributed by atoms with E-state index in [1.54, 1.807) is 11.3 Å². The molecule has 0 atom stereocenters. The molecule has 0 saturated carbocycles. The number of nitrogens with one attached hydrogen (secondary N) is 1. The molecule has 2 aliphatic rings. The first kappa shape index (κ1) is 12.8. The van der Waals surface area contributed by atoms with Gasteiger partial charge in [-0.3, -0.25) is 4.79 Å². The summed E-state index contributed by atoms with van der Waals surface area (Å²) in [6.07, 6.45) is 3.94. The van der Waals surface area contributed by atoms with E-state index >= 15 is 0 Å². The third kappa shape index (κ3) is 2.42. The molecular weight excluding hydrogens is 282 g/mol. The zero-order chi connectivity index (χ0) is 14.2. The number of benzene rings is 1. The van der Waals surface area contributed by atoms with Crippen molar-refractivity contribution in [2.75, 3.05) is 23.3 Å². The third-order valence-corrected chi connectivity index (χ3v) is 5.07. The Morgan fingerprint density at radius 3 is 2.90 bits per heavy atom. The van der Waals surface area contributed by atoms with Crippen LogP contribution in [0.25, 0.3) is 11.3 Å². The predicted octanol–water partition coefficient (Wildman–Crippen LogP) is 3.30. The summed E-state index contributed by atoms with van der Waals surface area (Å²) in [7, 11) is 0. The van der Waals surface area contributed by atoms with Crippen LogP contribution in [-0.2, 0) is 11.2 Å². The summed E-state index contributed by atoms with van der Waals surface area (Å²) in [5.74, 6) is 0.111. The second-order valence-electron chi connectivity index (χ2n) is 5.63. The van der Waals surface area contributed by atoms with Crippen LogP contribution in [0.4, 0.5) is 10.8 Å². The minimum absolute atomic E-state index is 0.111. The summed E-state index contributed by atoms with van der Waals surface area (Å²) in [5, 5.41) is 6.19. The molecule has 21 heavy (non-hydrogen) atoms. The van der Waals surface area contributed by atoms with Crippen LogP contribution in [-0.4, -0.2) is 24.0 Å². The van der Waals surface area contributed by atoms with Crippen molar-refractivity contribution in [3.63, 3.8) is 0 Å². The zero-order valence-corrected chi connectivity index (χ0v) is 12.6. The Balaban J connectivity index is 1.63. The molecule has 1 N–H and O–H groups in total. The average molecular weight is 299 g/mol. The second kappa shape index (κ2) is 5.15. The molecule has 1 aromatic carbocycles. The molecule has 4 rings (SSSR count). The van der Waals surface area contributed by atoms with Crippen LogP contribution in [0.5, 0.6) is 0 Å². The number of fused-ring (bicyclic) bond motifs is 1. The number of nitrogens with zero attached hydrogens (tertiary/aromatic N) is 2. The lowest BCUT2D eigenvalue weighted by Crippen LogP contribution is -2.18. The topological polar surface area (TPSA) is 45.2 Å². The summed E-state index contributed by atoms with van der Waals surface area (Å²) >= 11 is 1.72. The van der Waals surface area contributed by atoms with Gasteiger partial charge in [0.25, 0.3) is 0 Å². The number of carbonyl (C=O) groups is 1. The summed E-state index contributed by atoms with van der Waals surface area (Å²) in [6.45, 7) is 2.26. The van der Waals surface area contributed by atoms with E-state index < -0.39 is 0 Å². The molecule has 4 nitrogen and oxygen atoms in total. The van der Waals surface area contributed by atoms with Gasteiger partial charge in [0.05, 0.1) is 5.69 Å². The Morgan fingerprint density at radius 2 is 2.05 bits per heavy atom. The predicted molar refractivity (Wildman–Crippen MR) is 85.9 cm³/mol. The SMILES string of the molecule is O=C1CCc2cc(-c3csc(N4CCCC4)n3)ccc2N1. The lowest BCUT2D eigenvalue weighted by atomic mass is 9.99. The Bertz CT molecular complexity index is 689. The number of anilines is 2. The standard InChI is InChI=1S/C16H17N3OS/c20-15-6-4-11-9-12(3-5-13(11)17-15)14-10-21-16(18-14)19-7-1-2-8-19/h3,5,9-10H,1-2,4,6-8H2,(H,17,20). The van der Waals surface area contributed by atoms with Crippen molar-refractivity contribution < 1.29 is 4.79 Å². The maximum Gasteiger partial charge on any atom is 0.224 e. The van der Waals surface area contributed by atoms with Crippen LogP contribution in [0, 0.1) is 0 Å². The van der Waals surface area contributed by atoms with Gasteiger partial charge in [-0.25, -0.2) is 4.98 Å². The van der Waals surface area contributed by atoms with Gasteiger partial charge in [0, 0.05) is 36.1 Å². The molecule has 1 aromatic heterocycles. The number of rotatable bonds is 2. The van der Waals surface area contributed by atoms with Crippen molar-refractivity contribution in [2.45, 2.75) is 25.7 Å². The van der Waals surface area contributed by atoms with E-state index in [1.165, 1.54) is 18.4 Å². The molecule has 0 radical (unpaired) electrons. The average Bonchev–Trinajstić information content (AvgIpc) is 3.17. The van der Waals surface area contributed by atoms with E-state index in [2.05, 4.69) is 21.7 Å². The lowest BCUT2D eigenvalue weighted by molar-refractivity contribution is -0.116. The van der Waals surface area contributed by atoms with E-state index in [-0.39, 0.29) is 5.91 Å². The quantitative estimate of drug-likeness (QED) is 0.925. The molecule has 5 heteroatoms. The smallest absolute Gasteiger partial charge is 0.224 e. The minimum atomic E-state index is 0.111. The Labute approximate surface area is 127 Å². The van der Waals surface area contributed by atoms with Gasteiger partial charge in [-0.15, -0.1) is 11.3 Å². The molecule has 0 aliphatic carbocycles. The van der Waals surface area contributed by atoms with Gasteiger partial charge < -0.3 is 10.2 Å². The number of hydrogen-bond acceptors (Lipinski definition) is 4. The number of amides is 1. The van der Waals surface area contributed by atoms with Crippen molar-refractivity contribution in [3.8, 4) is 11.3 Å². The first-order chi connectivity index (χ1) is 10.3. The third-order valence-electron chi connectivity index (χ3n) is 4.17. The van der Waals surface area contributed by atoms with Gasteiger partial charge in [-0.05, 0) is 37.0 Å². The number of hydrogen-bond donors (Lipinski definition) is 1. The Hall–Kier alpha value is -1.88. The summed E-state index contributed by atoms with van der Waals surface area (Å²) in [6, 6.07) is 6.21. The fourth-order valence-corrected chi connectivity index (χ4v) is 3.88. The minimum Gasteiger partial charge on any atom is -0.348 e. The van der Waals surface area contributed by atoms with Crippen LogP contribution in [0.3, 0.4) is 0 Å². The van der Waals surface area contributed by atoms with Gasteiger partial charge in [0.15, 0.2) is 5.13 Å². The molecule has 2 aromatic rings. The van der Waals surface area contributed by atoms with E-state index in [0.717, 1.165) is 41.6 Å². The van der Waals surface area contributed by atoms with E-state index in [1.807, 2.05) is 12.1 Å². The number of aromatic nitrogens is 1. The molecule has 0 bridgehead atoms. The van der Waals surface area contributed by atoms with Crippen molar-refractivity contribution in [3.05, 3.63) is 29.1 Å². The van der Waals surface area contributed by atoms with Crippen molar-refractivity contribution >= 4 is 28.1 Å². The normalized spacial score (nSPS) is 17.7. The maximum absolute atomic E-state index is 11.4. The number of thiazole rings is 1. The summed E-state index contributed by atoms with van der Waals surface area (Å²) < 4.78 is 0. The fraction of sp³-hybridized carbons (Fsp3) is 0.375. The molecular formula is C16H17N3OS. The first-order valence-electron chi connectivity index (χ1n) is 7.43. The summed E-state index contributed by atoms with van der Waals surface area (Å²) in [4.78, 5) is 18.6. The van der Waals surface area contributed by atoms with Gasteiger partial charge in [-0.1, -0.05) is 6.07 Å². The van der Waals surface area contributed by atoms with Crippen LogP contribution < -0.4 is 10.2 Å². The van der Waals surface area contributed by atoms with Crippen molar-refractivity contribution in [1.29, 1.82) is 0 Å². The zero-order valence-electron chi connectivity index (χ0n) is 11.8. The van der Waals surface area contributed by atoms with Crippen LogP contribution in [0.1, 0.15) is 24.8 Å². The van der Waals surface area contributed by atoms with Gasteiger partial charge in [-0.2, -0.15) is 0 Å². The molecule has 1 saturated heterocycles. The number of carbonyl (C=O) groups excluding carboxylic acids is 1. The highest BCUT2D eigenvalue weighted by Gasteiger charge is 2.18. The lowest BCUT2D eigenvalue weighted by Gasteiger charge is -2.17. The highest BCUT2D eigenvalue weighted by Crippen LogP contribution is 2.32. The van der Waals surface area contributed by atoms with E-state index in [9.17, 15) is 4.79 Å². The Morgan fingerprint density at radius 1 is 1.19 bits per heavy atom. The fourth-order valence-electron chi connectivity index (χ4n) is 2.99. The van der Waals surface area contributed by atoms with Crippen molar-refractivity contribution in [1.82, 2.24) is 4.98 Å². The molecule has 0 spiro atoms. The van der Waals surface area contributed by atoms with E-state index in [0.29, 0.717) is 6.42 Å². The molecule has 108 valence electrons. The molecule has 1 fully saturated rings. The first-order valence-corrected chi connectivity index (χ1v) is 8.31.